The van der Waals surface area contributed by atoms with Gasteiger partial charge in [-0.25, -0.2) is 9.97 Å². The molecule has 2 saturated heterocycles. The number of oxazole rings is 2. The van der Waals surface area contributed by atoms with Gasteiger partial charge in [0, 0.05) is 37.3 Å². The van der Waals surface area contributed by atoms with Crippen molar-refractivity contribution >= 4 is 23.0 Å². The number of rotatable bonds is 8. The number of carbonyl (C=O) groups excluding carboxylic acids is 1. The van der Waals surface area contributed by atoms with Crippen LogP contribution >= 0.6 is 0 Å². The summed E-state index contributed by atoms with van der Waals surface area (Å²) in [6.07, 6.45) is 1.70. The highest BCUT2D eigenvalue weighted by atomic mass is 16.4. The molecule has 1 amide bonds. The van der Waals surface area contributed by atoms with Crippen molar-refractivity contribution in [3.05, 3.63) is 82.2 Å². The van der Waals surface area contributed by atoms with E-state index in [1.807, 2.05) is 43.3 Å². The van der Waals surface area contributed by atoms with E-state index in [9.17, 15) is 25.1 Å². The van der Waals surface area contributed by atoms with Crippen LogP contribution in [-0.2, 0) is 29.2 Å². The normalized spacial score (nSPS) is 19.6. The van der Waals surface area contributed by atoms with Gasteiger partial charge in [0.2, 0.25) is 17.7 Å². The zero-order valence-corrected chi connectivity index (χ0v) is 30.2. The number of aliphatic carboxylic acids is 1. The minimum atomic E-state index is -0.789. The largest absolute Gasteiger partial charge is 0.481 e. The molecule has 12 nitrogen and oxygen atoms in total. The van der Waals surface area contributed by atoms with E-state index in [0.717, 1.165) is 57.7 Å². The zero-order chi connectivity index (χ0) is 37.0. The summed E-state index contributed by atoms with van der Waals surface area (Å²) >= 11 is 0. The number of hydrogen-bond donors (Lipinski definition) is 2. The fourth-order valence-electron chi connectivity index (χ4n) is 8.02. The van der Waals surface area contributed by atoms with Crippen molar-refractivity contribution in [2.75, 3.05) is 32.7 Å². The number of carbonyl (C=O) groups is 2. The van der Waals surface area contributed by atoms with Crippen LogP contribution in [0.25, 0.3) is 45.1 Å². The number of fused-ring (bicyclic) bond motifs is 2. The van der Waals surface area contributed by atoms with Crippen molar-refractivity contribution in [3.63, 3.8) is 0 Å². The van der Waals surface area contributed by atoms with Crippen LogP contribution < -0.4 is 0 Å². The fraction of sp³-hybridized carbons (Fsp3) is 0.390. The van der Waals surface area contributed by atoms with Gasteiger partial charge in [-0.3, -0.25) is 19.4 Å². The second-order valence-electron chi connectivity index (χ2n) is 15.1. The molecule has 2 aromatic heterocycles. The molecule has 8 rings (SSSR count). The Hall–Kier alpha value is -5.35. The molecular formula is C41H42N6O6. The summed E-state index contributed by atoms with van der Waals surface area (Å²) in [5.41, 5.74) is 7.96. The molecule has 0 saturated carbocycles. The van der Waals surface area contributed by atoms with Crippen LogP contribution in [0.15, 0.2) is 57.4 Å². The SMILES string of the molecule is Cc1c(-c2nc3c(o2)CN(C(=O)CN2CCC(O)CC2)C3)cccc1-c1cccc(-c2nc3cc(CN4CCC(C)(C(=O)O)C4)cc(C#N)c3o2)c1C. The molecule has 3 aliphatic rings. The smallest absolute Gasteiger partial charge is 0.310 e. The summed E-state index contributed by atoms with van der Waals surface area (Å²) in [7, 11) is 0. The Morgan fingerprint density at radius 2 is 1.58 bits per heavy atom. The number of hydrogen-bond acceptors (Lipinski definition) is 10. The highest BCUT2D eigenvalue weighted by Gasteiger charge is 2.40. The van der Waals surface area contributed by atoms with E-state index in [1.165, 1.54) is 0 Å². The molecule has 3 aromatic carbocycles. The van der Waals surface area contributed by atoms with Gasteiger partial charge in [0.05, 0.1) is 36.7 Å². The van der Waals surface area contributed by atoms with Gasteiger partial charge < -0.3 is 23.9 Å². The Bertz CT molecular complexity index is 2270. The van der Waals surface area contributed by atoms with Gasteiger partial charge >= 0.3 is 5.97 Å². The molecule has 1 unspecified atom stereocenters. The lowest BCUT2D eigenvalue weighted by atomic mass is 9.90. The minimum Gasteiger partial charge on any atom is -0.481 e. The van der Waals surface area contributed by atoms with E-state index in [1.54, 1.807) is 11.8 Å². The first kappa shape index (κ1) is 34.7. The van der Waals surface area contributed by atoms with Crippen LogP contribution in [0.1, 0.15) is 59.9 Å². The summed E-state index contributed by atoms with van der Waals surface area (Å²) in [4.78, 5) is 40.5. The van der Waals surface area contributed by atoms with Gasteiger partial charge in [0.25, 0.3) is 0 Å². The standard InChI is InChI=1S/C41H42N6O6/c1-24-29(6-4-8-31(24)38-44-34-20-47(21-35(34)52-38)36(49)22-45-13-10-28(48)11-14-45)30-7-5-9-32(25(30)2)39-43-33-17-26(16-27(18-42)37(33)53-39)19-46-15-12-41(3,23-46)40(50)51/h4-9,16-17,28,48H,10-15,19-23H2,1-3H3,(H,50,51). The van der Waals surface area contributed by atoms with E-state index in [0.29, 0.717) is 92.7 Å². The van der Waals surface area contributed by atoms with Gasteiger partial charge in [-0.1, -0.05) is 24.3 Å². The predicted molar refractivity (Wildman–Crippen MR) is 196 cm³/mol. The Labute approximate surface area is 307 Å². The monoisotopic (exact) mass is 714 g/mol. The predicted octanol–water partition coefficient (Wildman–Crippen LogP) is 5.90. The van der Waals surface area contributed by atoms with E-state index >= 15 is 0 Å². The lowest BCUT2D eigenvalue weighted by Gasteiger charge is -2.30. The van der Waals surface area contributed by atoms with Gasteiger partial charge in [-0.2, -0.15) is 5.26 Å². The maximum atomic E-state index is 13.0. The van der Waals surface area contributed by atoms with Crippen molar-refractivity contribution in [1.82, 2.24) is 24.7 Å². The number of piperidine rings is 1. The van der Waals surface area contributed by atoms with Crippen LogP contribution in [0.3, 0.4) is 0 Å². The number of benzene rings is 3. The summed E-state index contributed by atoms with van der Waals surface area (Å²) < 4.78 is 12.6. The molecule has 12 heteroatoms. The van der Waals surface area contributed by atoms with E-state index in [4.69, 9.17) is 18.8 Å². The van der Waals surface area contributed by atoms with Crippen molar-refractivity contribution < 1.29 is 28.6 Å². The minimum absolute atomic E-state index is 0.0418. The fourth-order valence-corrected chi connectivity index (χ4v) is 8.02. The number of nitriles is 1. The second-order valence-corrected chi connectivity index (χ2v) is 15.1. The lowest BCUT2D eigenvalue weighted by Crippen LogP contribution is -2.42. The number of nitrogens with zero attached hydrogens (tertiary/aromatic N) is 6. The number of likely N-dealkylation sites (tertiary alicyclic amines) is 2. The Morgan fingerprint density at radius 3 is 2.21 bits per heavy atom. The molecule has 272 valence electrons. The summed E-state index contributed by atoms with van der Waals surface area (Å²) in [6, 6.07) is 18.1. The van der Waals surface area contributed by atoms with Crippen LogP contribution in [0.2, 0.25) is 0 Å². The summed E-state index contributed by atoms with van der Waals surface area (Å²) in [5.74, 6) is 0.909. The molecule has 53 heavy (non-hydrogen) atoms. The number of carboxylic acid groups (broad SMARTS) is 1. The Balaban J connectivity index is 1.02. The average molecular weight is 715 g/mol. The Kier molecular flexibility index (Phi) is 8.89. The zero-order valence-electron chi connectivity index (χ0n) is 30.2. The van der Waals surface area contributed by atoms with Crippen LogP contribution in [0, 0.1) is 30.6 Å². The van der Waals surface area contributed by atoms with Crippen LogP contribution in [-0.4, -0.2) is 85.6 Å². The molecule has 2 fully saturated rings. The maximum absolute atomic E-state index is 13.0. The van der Waals surface area contributed by atoms with E-state index < -0.39 is 11.4 Å². The van der Waals surface area contributed by atoms with Gasteiger partial charge in [-0.15, -0.1) is 0 Å². The van der Waals surface area contributed by atoms with Crippen molar-refractivity contribution in [2.45, 2.75) is 65.8 Å². The first-order valence-corrected chi connectivity index (χ1v) is 18.2. The molecule has 5 heterocycles. The van der Waals surface area contributed by atoms with Gasteiger partial charge in [0.15, 0.2) is 5.58 Å². The van der Waals surface area contributed by atoms with Crippen molar-refractivity contribution in [3.8, 4) is 40.1 Å². The summed E-state index contributed by atoms with van der Waals surface area (Å²) in [6.45, 7) is 10.1. The van der Waals surface area contributed by atoms with Crippen LogP contribution in [0.4, 0.5) is 0 Å². The van der Waals surface area contributed by atoms with Crippen molar-refractivity contribution in [1.29, 1.82) is 5.26 Å². The molecular weight excluding hydrogens is 672 g/mol. The molecule has 0 radical (unpaired) electrons. The maximum Gasteiger partial charge on any atom is 0.310 e. The molecule has 5 aromatic rings. The third-order valence-electron chi connectivity index (χ3n) is 11.3. The van der Waals surface area contributed by atoms with Crippen LogP contribution in [0.5, 0.6) is 0 Å². The number of aromatic nitrogens is 2. The third-order valence-corrected chi connectivity index (χ3v) is 11.3. The molecule has 2 N–H and O–H groups in total. The highest BCUT2D eigenvalue weighted by molar-refractivity contribution is 5.85. The molecule has 0 spiro atoms. The topological polar surface area (TPSA) is 160 Å². The third kappa shape index (κ3) is 6.50. The van der Waals surface area contributed by atoms with Gasteiger partial charge in [-0.05, 0) is 98.7 Å². The highest BCUT2D eigenvalue weighted by Crippen LogP contribution is 2.39. The van der Waals surface area contributed by atoms with E-state index in [2.05, 4.69) is 34.9 Å². The molecule has 0 bridgehead atoms. The first-order valence-electron chi connectivity index (χ1n) is 18.2. The quantitative estimate of drug-likeness (QED) is 0.197. The average Bonchev–Trinajstić information content (AvgIpc) is 3.93. The first-order chi connectivity index (χ1) is 25.5. The van der Waals surface area contributed by atoms with Gasteiger partial charge in [0.1, 0.15) is 23.0 Å². The lowest BCUT2D eigenvalue weighted by molar-refractivity contribution is -0.147. The molecule has 0 aliphatic carbocycles. The van der Waals surface area contributed by atoms with Crippen molar-refractivity contribution in [2.24, 2.45) is 5.41 Å². The number of carboxylic acids is 1. The number of aliphatic hydroxyl groups excluding tert-OH is 1. The molecule has 3 aliphatic heterocycles. The summed E-state index contributed by atoms with van der Waals surface area (Å²) in [5, 5.41) is 29.5. The second kappa shape index (κ2) is 13.6. The number of aliphatic hydroxyl groups is 1. The van der Waals surface area contributed by atoms with E-state index in [-0.39, 0.29) is 12.0 Å². The number of amides is 1. The molecule has 1 atom stereocenters. The Morgan fingerprint density at radius 1 is 0.925 bits per heavy atom.